The molecule has 0 bridgehead atoms. The van der Waals surface area contributed by atoms with Crippen molar-refractivity contribution in [1.29, 1.82) is 0 Å². The van der Waals surface area contributed by atoms with Crippen LogP contribution in [0.1, 0.15) is 10.4 Å². The Morgan fingerprint density at radius 1 is 1.23 bits per heavy atom. The Kier molecular flexibility index (Phi) is 8.38. The Labute approximate surface area is 201 Å². The lowest BCUT2D eigenvalue weighted by molar-refractivity contribution is 0.0391. The number of hydrogen-bond donors (Lipinski definition) is 0. The lowest BCUT2D eigenvalue weighted by Crippen LogP contribution is -2.43. The average Bonchev–Trinajstić information content (AvgIpc) is 3.17. The molecule has 0 atom stereocenters. The summed E-state index contributed by atoms with van der Waals surface area (Å²) in [5.74, 6) is 0.530. The van der Waals surface area contributed by atoms with Gasteiger partial charge in [0.1, 0.15) is 5.75 Å². The first-order valence-corrected chi connectivity index (χ1v) is 11.1. The Hall–Kier alpha value is -1.61. The second-order valence-electron chi connectivity index (χ2n) is 6.87. The molecule has 1 saturated heterocycles. The molecule has 2 aromatic carbocycles. The van der Waals surface area contributed by atoms with E-state index in [0.717, 1.165) is 35.6 Å². The van der Waals surface area contributed by atoms with Gasteiger partial charge in [0, 0.05) is 37.3 Å². The topological polar surface area (TPSA) is 54.9 Å². The number of benzene rings is 2. The van der Waals surface area contributed by atoms with Crippen LogP contribution >= 0.6 is 46.9 Å². The molecule has 1 aliphatic heterocycles. The van der Waals surface area contributed by atoms with Crippen LogP contribution in [-0.4, -0.2) is 62.3 Å². The molecule has 3 aromatic rings. The number of anilines is 1. The molecule has 31 heavy (non-hydrogen) atoms. The smallest absolute Gasteiger partial charge is 0.261 e. The van der Waals surface area contributed by atoms with Crippen LogP contribution in [0.4, 0.5) is 5.13 Å². The predicted molar refractivity (Wildman–Crippen MR) is 129 cm³/mol. The summed E-state index contributed by atoms with van der Waals surface area (Å²) in [4.78, 5) is 22.1. The number of halogens is 3. The van der Waals surface area contributed by atoms with Gasteiger partial charge in [-0.2, -0.15) is 0 Å². The van der Waals surface area contributed by atoms with E-state index < -0.39 is 0 Å². The molecule has 0 N–H and O–H groups in total. The number of amides is 1. The van der Waals surface area contributed by atoms with Gasteiger partial charge in [-0.05, 0) is 30.3 Å². The highest BCUT2D eigenvalue weighted by Crippen LogP contribution is 2.33. The maximum atomic E-state index is 13.4. The predicted octanol–water partition coefficient (Wildman–Crippen LogP) is 5.01. The average molecular weight is 503 g/mol. The van der Waals surface area contributed by atoms with Crippen LogP contribution in [0, 0.1) is 0 Å². The second-order valence-corrected chi connectivity index (χ2v) is 8.72. The van der Waals surface area contributed by atoms with Crippen molar-refractivity contribution < 1.29 is 14.3 Å². The fourth-order valence-electron chi connectivity index (χ4n) is 3.30. The first-order valence-electron chi connectivity index (χ1n) is 9.57. The number of hydrogen-bond acceptors (Lipinski definition) is 6. The highest BCUT2D eigenvalue weighted by molar-refractivity contribution is 7.22. The summed E-state index contributed by atoms with van der Waals surface area (Å²) >= 11 is 13.8. The van der Waals surface area contributed by atoms with E-state index in [-0.39, 0.29) is 18.3 Å². The van der Waals surface area contributed by atoms with E-state index in [2.05, 4.69) is 4.90 Å². The van der Waals surface area contributed by atoms with Crippen LogP contribution in [0.25, 0.3) is 10.2 Å². The van der Waals surface area contributed by atoms with Crippen LogP contribution < -0.4 is 9.64 Å². The molecule has 1 fully saturated rings. The van der Waals surface area contributed by atoms with E-state index in [4.69, 9.17) is 37.7 Å². The Bertz CT molecular complexity index is 1060. The van der Waals surface area contributed by atoms with E-state index in [1.807, 2.05) is 18.2 Å². The molecule has 1 aliphatic rings. The lowest BCUT2D eigenvalue weighted by atomic mass is 10.2. The molecule has 0 radical (unpaired) electrons. The van der Waals surface area contributed by atoms with E-state index in [0.29, 0.717) is 40.5 Å². The van der Waals surface area contributed by atoms with Crippen molar-refractivity contribution in [3.8, 4) is 5.75 Å². The highest BCUT2D eigenvalue weighted by Gasteiger charge is 2.24. The SMILES string of the molecule is COc1ccc2sc(N(CCN3CCOCC3)C(=O)c3ccc(Cl)cc3Cl)nc2c1.Cl. The molecule has 1 amide bonds. The Morgan fingerprint density at radius 3 is 2.71 bits per heavy atom. The third-order valence-electron chi connectivity index (χ3n) is 4.96. The zero-order valence-corrected chi connectivity index (χ0v) is 20.0. The molecular weight excluding hydrogens is 481 g/mol. The van der Waals surface area contributed by atoms with E-state index in [9.17, 15) is 4.79 Å². The minimum Gasteiger partial charge on any atom is -0.497 e. The number of nitrogens with zero attached hydrogens (tertiary/aromatic N) is 3. The van der Waals surface area contributed by atoms with Crippen molar-refractivity contribution in [2.75, 3.05) is 51.4 Å². The summed E-state index contributed by atoms with van der Waals surface area (Å²) in [7, 11) is 1.62. The number of morpholine rings is 1. The summed E-state index contributed by atoms with van der Waals surface area (Å²) in [6.45, 7) is 4.33. The number of rotatable bonds is 6. The fraction of sp³-hybridized carbons (Fsp3) is 0.333. The standard InChI is InChI=1S/C21H21Cl2N3O3S.ClH/c1-28-15-3-5-19-18(13-15)24-21(30-19)26(7-6-25-8-10-29-11-9-25)20(27)16-4-2-14(22)12-17(16)23;/h2-5,12-13H,6-11H2,1H3;1H. The summed E-state index contributed by atoms with van der Waals surface area (Å²) in [6.07, 6.45) is 0. The Balaban J connectivity index is 0.00000272. The zero-order valence-electron chi connectivity index (χ0n) is 16.8. The third kappa shape index (κ3) is 5.61. The first-order chi connectivity index (χ1) is 14.5. The van der Waals surface area contributed by atoms with Gasteiger partial charge in [0.15, 0.2) is 5.13 Å². The molecule has 0 unspecified atom stereocenters. The van der Waals surface area contributed by atoms with E-state index in [1.165, 1.54) is 11.3 Å². The maximum Gasteiger partial charge on any atom is 0.261 e. The molecule has 10 heteroatoms. The van der Waals surface area contributed by atoms with Gasteiger partial charge in [-0.25, -0.2) is 4.98 Å². The minimum atomic E-state index is -0.198. The van der Waals surface area contributed by atoms with Crippen molar-refractivity contribution in [3.05, 3.63) is 52.0 Å². The van der Waals surface area contributed by atoms with Gasteiger partial charge in [-0.15, -0.1) is 12.4 Å². The molecule has 4 rings (SSSR count). The number of thiazole rings is 1. The third-order valence-corrected chi connectivity index (χ3v) is 6.57. The maximum absolute atomic E-state index is 13.4. The van der Waals surface area contributed by atoms with Crippen LogP contribution in [0.3, 0.4) is 0 Å². The molecule has 166 valence electrons. The van der Waals surface area contributed by atoms with Gasteiger partial charge in [-0.1, -0.05) is 34.5 Å². The van der Waals surface area contributed by atoms with Gasteiger partial charge in [0.2, 0.25) is 0 Å². The quantitative estimate of drug-likeness (QED) is 0.474. The van der Waals surface area contributed by atoms with Crippen molar-refractivity contribution in [2.24, 2.45) is 0 Å². The van der Waals surface area contributed by atoms with E-state index >= 15 is 0 Å². The van der Waals surface area contributed by atoms with Crippen molar-refractivity contribution >= 4 is 68.2 Å². The fourth-order valence-corrected chi connectivity index (χ4v) is 4.76. The van der Waals surface area contributed by atoms with E-state index in [1.54, 1.807) is 30.2 Å². The molecule has 0 aliphatic carbocycles. The number of fused-ring (bicyclic) bond motifs is 1. The van der Waals surface area contributed by atoms with Crippen LogP contribution in [0.5, 0.6) is 5.75 Å². The van der Waals surface area contributed by atoms with Gasteiger partial charge in [0.25, 0.3) is 5.91 Å². The summed E-state index contributed by atoms with van der Waals surface area (Å²) in [5.41, 5.74) is 1.20. The second kappa shape index (κ2) is 10.8. The summed E-state index contributed by atoms with van der Waals surface area (Å²) in [5, 5.41) is 1.44. The Morgan fingerprint density at radius 2 is 2.00 bits per heavy atom. The van der Waals surface area contributed by atoms with Crippen LogP contribution in [0.2, 0.25) is 10.0 Å². The number of methoxy groups -OCH3 is 1. The van der Waals surface area contributed by atoms with Gasteiger partial charge < -0.3 is 9.47 Å². The van der Waals surface area contributed by atoms with Crippen molar-refractivity contribution in [3.63, 3.8) is 0 Å². The monoisotopic (exact) mass is 501 g/mol. The number of carbonyl (C=O) groups excluding carboxylic acids is 1. The molecule has 0 spiro atoms. The van der Waals surface area contributed by atoms with Crippen LogP contribution in [-0.2, 0) is 4.74 Å². The van der Waals surface area contributed by atoms with Gasteiger partial charge >= 0.3 is 0 Å². The lowest BCUT2D eigenvalue weighted by Gasteiger charge is -2.29. The summed E-state index contributed by atoms with van der Waals surface area (Å²) in [6, 6.07) is 10.6. The molecule has 2 heterocycles. The van der Waals surface area contributed by atoms with Crippen molar-refractivity contribution in [1.82, 2.24) is 9.88 Å². The van der Waals surface area contributed by atoms with Crippen LogP contribution in [0.15, 0.2) is 36.4 Å². The molecule has 0 saturated carbocycles. The normalized spacial score (nSPS) is 14.3. The zero-order chi connectivity index (χ0) is 21.1. The number of ether oxygens (including phenoxy) is 2. The van der Waals surface area contributed by atoms with Gasteiger partial charge in [-0.3, -0.25) is 14.6 Å². The van der Waals surface area contributed by atoms with Gasteiger partial charge in [0.05, 0.1) is 41.1 Å². The number of carbonyl (C=O) groups is 1. The first kappa shape index (κ1) is 24.0. The molecular formula is C21H22Cl3N3O3S. The van der Waals surface area contributed by atoms with Crippen molar-refractivity contribution in [2.45, 2.75) is 0 Å². The molecule has 1 aromatic heterocycles. The largest absolute Gasteiger partial charge is 0.497 e. The molecule has 6 nitrogen and oxygen atoms in total. The minimum absolute atomic E-state index is 0. The highest BCUT2D eigenvalue weighted by atomic mass is 35.5. The summed E-state index contributed by atoms with van der Waals surface area (Å²) < 4.78 is 11.7. The number of aromatic nitrogens is 1.